The topological polar surface area (TPSA) is 62.3 Å². The van der Waals surface area contributed by atoms with Gasteiger partial charge >= 0.3 is 0 Å². The van der Waals surface area contributed by atoms with Gasteiger partial charge in [-0.2, -0.15) is 0 Å². The number of nitrogens with one attached hydrogen (secondary N) is 1. The van der Waals surface area contributed by atoms with Crippen LogP contribution in [-0.2, 0) is 22.4 Å². The fraction of sp³-hybridized carbons (Fsp3) is 0.350. The van der Waals surface area contributed by atoms with Crippen LogP contribution in [0.25, 0.3) is 0 Å². The zero-order chi connectivity index (χ0) is 17.8. The van der Waals surface area contributed by atoms with E-state index < -0.39 is 0 Å². The molecule has 5 heteroatoms. The molecule has 130 valence electrons. The van der Waals surface area contributed by atoms with Gasteiger partial charge in [0, 0.05) is 31.5 Å². The molecule has 3 rings (SSSR count). The number of rotatable bonds is 6. The van der Waals surface area contributed by atoms with Gasteiger partial charge in [-0.1, -0.05) is 18.2 Å². The van der Waals surface area contributed by atoms with E-state index in [-0.39, 0.29) is 17.9 Å². The zero-order valence-electron chi connectivity index (χ0n) is 14.7. The molecule has 0 bridgehead atoms. The van der Waals surface area contributed by atoms with Gasteiger partial charge in [0.15, 0.2) is 0 Å². The number of benzene rings is 1. The molecule has 0 saturated heterocycles. The second-order valence-corrected chi connectivity index (χ2v) is 6.54. The minimum Gasteiger partial charge on any atom is -0.339 e. The molecule has 1 aliphatic heterocycles. The van der Waals surface area contributed by atoms with Crippen molar-refractivity contribution in [3.8, 4) is 0 Å². The Morgan fingerprint density at radius 3 is 2.96 bits per heavy atom. The molecule has 25 heavy (non-hydrogen) atoms. The van der Waals surface area contributed by atoms with E-state index in [9.17, 15) is 9.59 Å². The summed E-state index contributed by atoms with van der Waals surface area (Å²) in [6.45, 7) is 2.01. The first-order valence-electron chi connectivity index (χ1n) is 8.62. The van der Waals surface area contributed by atoms with Crippen LogP contribution in [0.1, 0.15) is 42.5 Å². The van der Waals surface area contributed by atoms with Crippen LogP contribution in [0.2, 0.25) is 0 Å². The predicted molar refractivity (Wildman–Crippen MR) is 97.1 cm³/mol. The third kappa shape index (κ3) is 4.05. The predicted octanol–water partition coefficient (Wildman–Crippen LogP) is 3.12. The third-order valence-electron chi connectivity index (χ3n) is 4.79. The average molecular weight is 337 g/mol. The molecule has 1 atom stereocenters. The molecule has 1 aromatic carbocycles. The van der Waals surface area contributed by atoms with Crippen molar-refractivity contribution < 1.29 is 9.59 Å². The first kappa shape index (κ1) is 17.1. The average Bonchev–Trinajstić information content (AvgIpc) is 3.00. The molecule has 2 amide bonds. The summed E-state index contributed by atoms with van der Waals surface area (Å²) < 4.78 is 0. The van der Waals surface area contributed by atoms with Gasteiger partial charge in [0.1, 0.15) is 0 Å². The molecule has 0 fully saturated rings. The van der Waals surface area contributed by atoms with Crippen molar-refractivity contribution in [3.63, 3.8) is 0 Å². The number of carbonyl (C=O) groups excluding carboxylic acids is 2. The number of pyridine rings is 1. The van der Waals surface area contributed by atoms with Crippen molar-refractivity contribution in [2.24, 2.45) is 0 Å². The van der Waals surface area contributed by atoms with E-state index in [0.717, 1.165) is 29.7 Å². The van der Waals surface area contributed by atoms with Crippen LogP contribution in [0.3, 0.4) is 0 Å². The van der Waals surface area contributed by atoms with Crippen molar-refractivity contribution in [1.29, 1.82) is 0 Å². The second-order valence-electron chi connectivity index (χ2n) is 6.54. The van der Waals surface area contributed by atoms with Gasteiger partial charge in [0.25, 0.3) is 0 Å². The molecule has 1 N–H and O–H groups in total. The minimum absolute atomic E-state index is 0.0123. The summed E-state index contributed by atoms with van der Waals surface area (Å²) in [6, 6.07) is 9.93. The number of hydrogen-bond acceptors (Lipinski definition) is 3. The standard InChI is InChI=1S/C20H23N3O2/c1-14(16-6-4-10-21-13-16)23(2)20(25)7-3-5-15-8-9-18-17(11-15)12-19(24)22-18/h4,6,8-11,13-14H,3,5,7,12H2,1-2H3,(H,22,24). The summed E-state index contributed by atoms with van der Waals surface area (Å²) >= 11 is 0. The van der Waals surface area contributed by atoms with Crippen molar-refractivity contribution in [3.05, 3.63) is 59.4 Å². The van der Waals surface area contributed by atoms with E-state index in [1.807, 2.05) is 38.2 Å². The number of fused-ring (bicyclic) bond motifs is 1. The van der Waals surface area contributed by atoms with Gasteiger partial charge in [-0.05, 0) is 48.6 Å². The van der Waals surface area contributed by atoms with Crippen LogP contribution >= 0.6 is 0 Å². The third-order valence-corrected chi connectivity index (χ3v) is 4.79. The molecule has 0 saturated carbocycles. The summed E-state index contributed by atoms with van der Waals surface area (Å²) in [6.07, 6.45) is 6.13. The van der Waals surface area contributed by atoms with E-state index >= 15 is 0 Å². The second kappa shape index (κ2) is 7.47. The lowest BCUT2D eigenvalue weighted by molar-refractivity contribution is -0.131. The molecule has 0 radical (unpaired) electrons. The van der Waals surface area contributed by atoms with E-state index in [1.165, 1.54) is 5.56 Å². The van der Waals surface area contributed by atoms with Gasteiger partial charge in [0.05, 0.1) is 12.5 Å². The van der Waals surface area contributed by atoms with Gasteiger partial charge in [0.2, 0.25) is 11.8 Å². The Morgan fingerprint density at radius 1 is 1.36 bits per heavy atom. The number of carbonyl (C=O) groups is 2. The monoisotopic (exact) mass is 337 g/mol. The Bertz CT molecular complexity index is 774. The van der Waals surface area contributed by atoms with Crippen molar-refractivity contribution in [2.45, 2.75) is 38.6 Å². The van der Waals surface area contributed by atoms with Crippen LogP contribution < -0.4 is 5.32 Å². The van der Waals surface area contributed by atoms with E-state index in [4.69, 9.17) is 0 Å². The fourth-order valence-corrected chi connectivity index (χ4v) is 3.12. The SMILES string of the molecule is CC(c1cccnc1)N(C)C(=O)CCCc1ccc2c(c1)CC(=O)N2. The van der Waals surface area contributed by atoms with Crippen molar-refractivity contribution >= 4 is 17.5 Å². The molecule has 1 aromatic heterocycles. The summed E-state index contributed by atoms with van der Waals surface area (Å²) in [7, 11) is 1.84. The Labute approximate surface area is 148 Å². The lowest BCUT2D eigenvalue weighted by Gasteiger charge is -2.25. The zero-order valence-corrected chi connectivity index (χ0v) is 14.7. The first-order chi connectivity index (χ1) is 12.0. The molecule has 0 aliphatic carbocycles. The molecule has 2 aromatic rings. The van der Waals surface area contributed by atoms with Crippen molar-refractivity contribution in [1.82, 2.24) is 9.88 Å². The summed E-state index contributed by atoms with van der Waals surface area (Å²) in [4.78, 5) is 29.7. The number of hydrogen-bond donors (Lipinski definition) is 1. The van der Waals surface area contributed by atoms with Gasteiger partial charge in [-0.25, -0.2) is 0 Å². The van der Waals surface area contributed by atoms with Crippen LogP contribution in [-0.4, -0.2) is 28.7 Å². The van der Waals surface area contributed by atoms with Gasteiger partial charge < -0.3 is 10.2 Å². The number of aryl methyl sites for hydroxylation is 1. The fourth-order valence-electron chi connectivity index (χ4n) is 3.12. The molecule has 5 nitrogen and oxygen atoms in total. The molecule has 2 heterocycles. The number of anilines is 1. The maximum Gasteiger partial charge on any atom is 0.228 e. The highest BCUT2D eigenvalue weighted by Gasteiger charge is 2.19. The number of nitrogens with zero attached hydrogens (tertiary/aromatic N) is 2. The lowest BCUT2D eigenvalue weighted by Crippen LogP contribution is -2.29. The molecular weight excluding hydrogens is 314 g/mol. The molecule has 1 aliphatic rings. The first-order valence-corrected chi connectivity index (χ1v) is 8.62. The molecule has 1 unspecified atom stereocenters. The highest BCUT2D eigenvalue weighted by atomic mass is 16.2. The van der Waals surface area contributed by atoms with E-state index in [0.29, 0.717) is 12.8 Å². The van der Waals surface area contributed by atoms with Crippen LogP contribution in [0.4, 0.5) is 5.69 Å². The van der Waals surface area contributed by atoms with Crippen molar-refractivity contribution in [2.75, 3.05) is 12.4 Å². The van der Waals surface area contributed by atoms with Gasteiger partial charge in [-0.3, -0.25) is 14.6 Å². The Hall–Kier alpha value is -2.69. The summed E-state index contributed by atoms with van der Waals surface area (Å²) in [5.41, 5.74) is 4.17. The van der Waals surface area contributed by atoms with E-state index in [1.54, 1.807) is 17.3 Å². The Morgan fingerprint density at radius 2 is 2.20 bits per heavy atom. The molecular formula is C20H23N3O2. The van der Waals surface area contributed by atoms with E-state index in [2.05, 4.69) is 16.4 Å². The minimum atomic E-state index is 0.0123. The quantitative estimate of drug-likeness (QED) is 0.881. The largest absolute Gasteiger partial charge is 0.339 e. The lowest BCUT2D eigenvalue weighted by atomic mass is 10.0. The maximum absolute atomic E-state index is 12.4. The number of aromatic nitrogens is 1. The number of amides is 2. The Kier molecular flexibility index (Phi) is 5.12. The Balaban J connectivity index is 1.51. The van der Waals surface area contributed by atoms with Crippen LogP contribution in [0, 0.1) is 0 Å². The highest BCUT2D eigenvalue weighted by Crippen LogP contribution is 2.25. The normalized spacial score (nSPS) is 13.9. The highest BCUT2D eigenvalue weighted by molar-refractivity contribution is 5.99. The van der Waals surface area contributed by atoms with Crippen LogP contribution in [0.5, 0.6) is 0 Å². The smallest absolute Gasteiger partial charge is 0.228 e. The molecule has 0 spiro atoms. The van der Waals surface area contributed by atoms with Gasteiger partial charge in [-0.15, -0.1) is 0 Å². The maximum atomic E-state index is 12.4. The summed E-state index contributed by atoms with van der Waals surface area (Å²) in [5.74, 6) is 0.183. The van der Waals surface area contributed by atoms with Crippen LogP contribution in [0.15, 0.2) is 42.7 Å². The summed E-state index contributed by atoms with van der Waals surface area (Å²) in [5, 5.41) is 2.84.